The highest BCUT2D eigenvalue weighted by atomic mass is 16.3. The molecule has 0 fully saturated rings. The Bertz CT molecular complexity index is 657. The fourth-order valence-electron chi connectivity index (χ4n) is 2.61. The number of pyridine rings is 1. The number of amides is 1. The lowest BCUT2D eigenvalue weighted by molar-refractivity contribution is 0.0930. The fourth-order valence-corrected chi connectivity index (χ4v) is 2.61. The first-order valence-electron chi connectivity index (χ1n) is 6.44. The summed E-state index contributed by atoms with van der Waals surface area (Å²) < 4.78 is 0. The summed E-state index contributed by atoms with van der Waals surface area (Å²) in [5.41, 5.74) is 8.51. The normalized spacial score (nSPS) is 20.4. The van der Waals surface area contributed by atoms with E-state index < -0.39 is 0 Å². The summed E-state index contributed by atoms with van der Waals surface area (Å²) in [6.45, 7) is 0. The van der Waals surface area contributed by atoms with Crippen molar-refractivity contribution >= 4 is 5.91 Å². The van der Waals surface area contributed by atoms with Crippen LogP contribution in [0.5, 0.6) is 5.75 Å². The first-order chi connectivity index (χ1) is 9.66. The van der Waals surface area contributed by atoms with Crippen molar-refractivity contribution in [2.24, 2.45) is 5.73 Å². The maximum absolute atomic E-state index is 12.2. The second-order valence-corrected chi connectivity index (χ2v) is 4.91. The molecule has 1 amide bonds. The molecule has 0 saturated heterocycles. The number of hydrogen-bond acceptors (Lipinski definition) is 4. The van der Waals surface area contributed by atoms with Gasteiger partial charge in [0.1, 0.15) is 5.75 Å². The number of nitrogens with zero attached hydrogens (tertiary/aromatic N) is 1. The van der Waals surface area contributed by atoms with E-state index in [2.05, 4.69) is 10.3 Å². The Morgan fingerprint density at radius 2 is 2.15 bits per heavy atom. The van der Waals surface area contributed by atoms with E-state index in [1.54, 1.807) is 0 Å². The number of nitrogens with one attached hydrogen (secondary N) is 1. The van der Waals surface area contributed by atoms with E-state index >= 15 is 0 Å². The standard InChI is InChI=1S/C15H15N3O2/c16-12-7-9-3-1-2-4-10(9)14(12)18-15(20)11-5-6-17-8-13(11)19/h1-6,8,12,14,19H,7,16H2,(H,18,20). The van der Waals surface area contributed by atoms with Crippen LogP contribution in [0.1, 0.15) is 27.5 Å². The molecule has 0 bridgehead atoms. The molecular weight excluding hydrogens is 254 g/mol. The van der Waals surface area contributed by atoms with Crippen LogP contribution in [0, 0.1) is 0 Å². The fraction of sp³-hybridized carbons (Fsp3) is 0.200. The molecule has 5 heteroatoms. The van der Waals surface area contributed by atoms with Gasteiger partial charge in [0.15, 0.2) is 0 Å². The third-order valence-electron chi connectivity index (χ3n) is 3.61. The molecule has 20 heavy (non-hydrogen) atoms. The number of benzene rings is 1. The minimum atomic E-state index is -0.345. The van der Waals surface area contributed by atoms with Crippen LogP contribution in [0.25, 0.3) is 0 Å². The number of hydrogen-bond donors (Lipinski definition) is 3. The lowest BCUT2D eigenvalue weighted by Gasteiger charge is -2.19. The van der Waals surface area contributed by atoms with E-state index in [9.17, 15) is 9.90 Å². The van der Waals surface area contributed by atoms with E-state index in [1.807, 2.05) is 24.3 Å². The minimum Gasteiger partial charge on any atom is -0.505 e. The van der Waals surface area contributed by atoms with Gasteiger partial charge in [0.05, 0.1) is 17.8 Å². The van der Waals surface area contributed by atoms with Crippen LogP contribution in [-0.2, 0) is 6.42 Å². The monoisotopic (exact) mass is 269 g/mol. The highest BCUT2D eigenvalue weighted by Crippen LogP contribution is 2.30. The number of aromatic hydroxyl groups is 1. The second-order valence-electron chi connectivity index (χ2n) is 4.91. The van der Waals surface area contributed by atoms with Crippen molar-refractivity contribution in [3.05, 3.63) is 59.4 Å². The van der Waals surface area contributed by atoms with Gasteiger partial charge in [0, 0.05) is 12.2 Å². The summed E-state index contributed by atoms with van der Waals surface area (Å²) in [6, 6.07) is 8.98. The highest BCUT2D eigenvalue weighted by Gasteiger charge is 2.31. The third-order valence-corrected chi connectivity index (χ3v) is 3.61. The molecule has 1 heterocycles. The Hall–Kier alpha value is -2.40. The Labute approximate surface area is 116 Å². The van der Waals surface area contributed by atoms with E-state index in [-0.39, 0.29) is 29.3 Å². The van der Waals surface area contributed by atoms with Gasteiger partial charge in [-0.25, -0.2) is 0 Å². The molecule has 5 nitrogen and oxygen atoms in total. The lowest BCUT2D eigenvalue weighted by Crippen LogP contribution is -2.38. The predicted molar refractivity (Wildman–Crippen MR) is 74.2 cm³/mol. The summed E-state index contributed by atoms with van der Waals surface area (Å²) in [5, 5.41) is 12.6. The van der Waals surface area contributed by atoms with E-state index in [0.717, 1.165) is 17.5 Å². The number of carbonyl (C=O) groups is 1. The zero-order valence-corrected chi connectivity index (χ0v) is 10.8. The van der Waals surface area contributed by atoms with Crippen molar-refractivity contribution in [3.8, 4) is 5.75 Å². The molecule has 0 aliphatic heterocycles. The Balaban J connectivity index is 1.85. The van der Waals surface area contributed by atoms with Gasteiger partial charge in [-0.05, 0) is 23.6 Å². The van der Waals surface area contributed by atoms with Gasteiger partial charge in [-0.1, -0.05) is 24.3 Å². The first kappa shape index (κ1) is 12.6. The van der Waals surface area contributed by atoms with Crippen molar-refractivity contribution in [1.29, 1.82) is 0 Å². The van der Waals surface area contributed by atoms with Crippen molar-refractivity contribution in [3.63, 3.8) is 0 Å². The van der Waals surface area contributed by atoms with E-state index in [1.165, 1.54) is 18.5 Å². The molecule has 4 N–H and O–H groups in total. The summed E-state index contributed by atoms with van der Waals surface area (Å²) in [4.78, 5) is 16.0. The topological polar surface area (TPSA) is 88.2 Å². The molecule has 3 rings (SSSR count). The average Bonchev–Trinajstić information content (AvgIpc) is 2.76. The molecule has 2 unspecified atom stereocenters. The van der Waals surface area contributed by atoms with Crippen molar-refractivity contribution in [2.75, 3.05) is 0 Å². The van der Waals surface area contributed by atoms with Crippen LogP contribution < -0.4 is 11.1 Å². The van der Waals surface area contributed by atoms with Crippen molar-refractivity contribution in [1.82, 2.24) is 10.3 Å². The molecule has 1 aromatic heterocycles. The number of carbonyl (C=O) groups excluding carboxylic acids is 1. The quantitative estimate of drug-likeness (QED) is 0.763. The minimum absolute atomic E-state index is 0.134. The van der Waals surface area contributed by atoms with Crippen LogP contribution in [0.4, 0.5) is 0 Å². The summed E-state index contributed by atoms with van der Waals surface area (Å²) in [5.74, 6) is -0.480. The average molecular weight is 269 g/mol. The van der Waals surface area contributed by atoms with Crippen LogP contribution in [-0.4, -0.2) is 22.0 Å². The molecule has 0 spiro atoms. The molecular formula is C15H15N3O2. The molecule has 1 aromatic carbocycles. The Morgan fingerprint density at radius 3 is 2.95 bits per heavy atom. The number of nitrogens with two attached hydrogens (primary N) is 1. The van der Waals surface area contributed by atoms with Gasteiger partial charge in [-0.2, -0.15) is 0 Å². The maximum atomic E-state index is 12.2. The maximum Gasteiger partial charge on any atom is 0.255 e. The van der Waals surface area contributed by atoms with Gasteiger partial charge < -0.3 is 16.2 Å². The molecule has 2 aromatic rings. The lowest BCUT2D eigenvalue weighted by atomic mass is 10.1. The van der Waals surface area contributed by atoms with Crippen LogP contribution in [0.15, 0.2) is 42.7 Å². The smallest absolute Gasteiger partial charge is 0.255 e. The summed E-state index contributed by atoms with van der Waals surface area (Å²) >= 11 is 0. The molecule has 102 valence electrons. The van der Waals surface area contributed by atoms with Gasteiger partial charge in [-0.3, -0.25) is 9.78 Å². The highest BCUT2D eigenvalue weighted by molar-refractivity contribution is 5.96. The van der Waals surface area contributed by atoms with E-state index in [4.69, 9.17) is 5.73 Å². The van der Waals surface area contributed by atoms with Gasteiger partial charge in [0.2, 0.25) is 0 Å². The number of rotatable bonds is 2. The molecule has 1 aliphatic carbocycles. The SMILES string of the molecule is NC1Cc2ccccc2C1NC(=O)c1ccncc1O. The largest absolute Gasteiger partial charge is 0.505 e. The Morgan fingerprint density at radius 1 is 1.35 bits per heavy atom. The summed E-state index contributed by atoms with van der Waals surface area (Å²) in [7, 11) is 0. The number of aromatic nitrogens is 1. The van der Waals surface area contributed by atoms with Crippen LogP contribution >= 0.6 is 0 Å². The van der Waals surface area contributed by atoms with Crippen LogP contribution in [0.2, 0.25) is 0 Å². The van der Waals surface area contributed by atoms with Crippen molar-refractivity contribution < 1.29 is 9.90 Å². The van der Waals surface area contributed by atoms with Crippen molar-refractivity contribution in [2.45, 2.75) is 18.5 Å². The predicted octanol–water partition coefficient (Wildman–Crippen LogP) is 1.14. The number of fused-ring (bicyclic) bond motifs is 1. The van der Waals surface area contributed by atoms with E-state index in [0.29, 0.717) is 0 Å². The molecule has 0 radical (unpaired) electrons. The summed E-state index contributed by atoms with van der Waals surface area (Å²) in [6.07, 6.45) is 3.46. The van der Waals surface area contributed by atoms with Gasteiger partial charge >= 0.3 is 0 Å². The second kappa shape index (κ2) is 4.94. The zero-order chi connectivity index (χ0) is 14.1. The van der Waals surface area contributed by atoms with Crippen LogP contribution in [0.3, 0.4) is 0 Å². The van der Waals surface area contributed by atoms with Gasteiger partial charge in [0.25, 0.3) is 5.91 Å². The molecule has 0 saturated carbocycles. The third kappa shape index (κ3) is 2.12. The first-order valence-corrected chi connectivity index (χ1v) is 6.44. The van der Waals surface area contributed by atoms with Gasteiger partial charge in [-0.15, -0.1) is 0 Å². The molecule has 1 aliphatic rings. The Kier molecular flexibility index (Phi) is 3.12. The molecule has 2 atom stereocenters. The zero-order valence-electron chi connectivity index (χ0n) is 10.8.